The summed E-state index contributed by atoms with van der Waals surface area (Å²) >= 11 is 0. The first-order chi connectivity index (χ1) is 19.2. The van der Waals surface area contributed by atoms with Crippen LogP contribution < -0.4 is 15.1 Å². The van der Waals surface area contributed by atoms with Crippen LogP contribution in [0.5, 0.6) is 5.75 Å². The molecule has 216 valence electrons. The van der Waals surface area contributed by atoms with Crippen molar-refractivity contribution in [1.82, 2.24) is 10.4 Å². The van der Waals surface area contributed by atoms with Crippen molar-refractivity contribution >= 4 is 19.6 Å². The molecule has 0 fully saturated rings. The number of methoxy groups -OCH3 is 1. The van der Waals surface area contributed by atoms with Crippen LogP contribution in [-0.4, -0.2) is 49.2 Å². The van der Waals surface area contributed by atoms with Gasteiger partial charge in [-0.15, -0.1) is 0 Å². The highest BCUT2D eigenvalue weighted by molar-refractivity contribution is 7.50. The van der Waals surface area contributed by atoms with Gasteiger partial charge in [0.1, 0.15) is 17.6 Å². The maximum absolute atomic E-state index is 13.2. The van der Waals surface area contributed by atoms with Gasteiger partial charge in [0, 0.05) is 18.4 Å². The molecule has 0 saturated carbocycles. The number of para-hydroxylation sites is 1. The fourth-order valence-electron chi connectivity index (χ4n) is 3.97. The first-order valence-corrected chi connectivity index (χ1v) is 14.7. The van der Waals surface area contributed by atoms with Gasteiger partial charge in [-0.05, 0) is 42.2 Å². The quantitative estimate of drug-likeness (QED) is 0.126. The van der Waals surface area contributed by atoms with E-state index in [0.29, 0.717) is 24.5 Å². The van der Waals surface area contributed by atoms with E-state index < -0.39 is 31.7 Å². The molecule has 0 aliphatic heterocycles. The molecule has 1 heterocycles. The lowest BCUT2D eigenvalue weighted by Crippen LogP contribution is -2.51. The first-order valence-electron chi connectivity index (χ1n) is 13.1. The van der Waals surface area contributed by atoms with E-state index in [1.165, 1.54) is 7.11 Å². The summed E-state index contributed by atoms with van der Waals surface area (Å²) in [6, 6.07) is 18.1. The van der Waals surface area contributed by atoms with Crippen LogP contribution in [0.2, 0.25) is 0 Å². The number of hydrogen-bond acceptors (Lipinski definition) is 7. The lowest BCUT2D eigenvalue weighted by molar-refractivity contribution is -0.145. The van der Waals surface area contributed by atoms with Crippen molar-refractivity contribution in [3.8, 4) is 17.1 Å². The topological polar surface area (TPSA) is 136 Å². The second kappa shape index (κ2) is 15.4. The largest absolute Gasteiger partial charge is 0.494 e. The van der Waals surface area contributed by atoms with Crippen molar-refractivity contribution in [2.24, 2.45) is 5.92 Å². The Balaban J connectivity index is 1.58. The third-order valence-corrected chi connectivity index (χ3v) is 7.08. The van der Waals surface area contributed by atoms with Gasteiger partial charge < -0.3 is 24.1 Å². The molecule has 11 heteroatoms. The highest BCUT2D eigenvalue weighted by Crippen LogP contribution is 2.38. The average Bonchev–Trinajstić information content (AvgIpc) is 3.47. The fraction of sp³-hybridized carbons (Fsp3) is 0.379. The van der Waals surface area contributed by atoms with Crippen LogP contribution in [0.1, 0.15) is 32.3 Å². The molecule has 3 rings (SSSR count). The number of carbonyl (C=O) groups is 2. The van der Waals surface area contributed by atoms with Crippen molar-refractivity contribution in [1.29, 1.82) is 0 Å². The normalized spacial score (nSPS) is 14.2. The van der Waals surface area contributed by atoms with Gasteiger partial charge in [-0.2, -0.15) is 0 Å². The summed E-state index contributed by atoms with van der Waals surface area (Å²) in [5, 5.41) is 5.13. The molecular weight excluding hydrogens is 535 g/mol. The molecule has 1 amide bonds. The summed E-state index contributed by atoms with van der Waals surface area (Å²) in [5.74, 6) is 0.171. The summed E-state index contributed by atoms with van der Waals surface area (Å²) in [4.78, 5) is 36.1. The highest BCUT2D eigenvalue weighted by Gasteiger charge is 2.32. The van der Waals surface area contributed by atoms with Crippen LogP contribution in [0.3, 0.4) is 0 Å². The van der Waals surface area contributed by atoms with Gasteiger partial charge in [0.25, 0.3) is 0 Å². The SMILES string of the molecule is COC(=O)C(Cc1ccc(-c2ccco2)cc1)NC(=O)C(CC(C)C)NP(=O)(O)OCCCOc1ccccc1. The summed E-state index contributed by atoms with van der Waals surface area (Å²) in [6.45, 7) is 4.00. The van der Waals surface area contributed by atoms with Gasteiger partial charge >= 0.3 is 13.7 Å². The molecule has 10 nitrogen and oxygen atoms in total. The Morgan fingerprint density at radius 1 is 0.975 bits per heavy atom. The zero-order valence-corrected chi connectivity index (χ0v) is 23.8. The Morgan fingerprint density at radius 2 is 1.70 bits per heavy atom. The smallest absolute Gasteiger partial charge is 0.403 e. The predicted octanol–water partition coefficient (Wildman–Crippen LogP) is 4.74. The molecule has 0 saturated heterocycles. The Bertz CT molecular complexity index is 1230. The van der Waals surface area contributed by atoms with Gasteiger partial charge in [-0.1, -0.05) is 56.3 Å². The highest BCUT2D eigenvalue weighted by atomic mass is 31.2. The molecule has 0 aliphatic carbocycles. The van der Waals surface area contributed by atoms with E-state index in [1.54, 1.807) is 12.3 Å². The number of hydrogen-bond donors (Lipinski definition) is 3. The van der Waals surface area contributed by atoms with E-state index >= 15 is 0 Å². The number of nitrogens with one attached hydrogen (secondary N) is 2. The molecule has 3 unspecified atom stereocenters. The zero-order valence-electron chi connectivity index (χ0n) is 22.9. The van der Waals surface area contributed by atoms with E-state index in [-0.39, 0.29) is 25.4 Å². The molecule has 0 radical (unpaired) electrons. The summed E-state index contributed by atoms with van der Waals surface area (Å²) in [7, 11) is -3.09. The lowest BCUT2D eigenvalue weighted by atomic mass is 10.0. The van der Waals surface area contributed by atoms with E-state index in [2.05, 4.69) is 10.4 Å². The maximum atomic E-state index is 13.2. The van der Waals surface area contributed by atoms with E-state index in [0.717, 1.165) is 11.1 Å². The molecule has 40 heavy (non-hydrogen) atoms. The monoisotopic (exact) mass is 572 g/mol. The van der Waals surface area contributed by atoms with Crippen molar-refractivity contribution < 1.29 is 37.5 Å². The van der Waals surface area contributed by atoms with Crippen molar-refractivity contribution in [2.75, 3.05) is 20.3 Å². The fourth-order valence-corrected chi connectivity index (χ4v) is 5.04. The third kappa shape index (κ3) is 10.3. The first kappa shape index (κ1) is 31.1. The number of benzene rings is 2. The number of carbonyl (C=O) groups excluding carboxylic acids is 2. The van der Waals surface area contributed by atoms with Crippen molar-refractivity contribution in [3.05, 3.63) is 78.6 Å². The number of rotatable bonds is 16. The molecule has 3 aromatic rings. The summed E-state index contributed by atoms with van der Waals surface area (Å²) in [5.41, 5.74) is 1.66. The van der Waals surface area contributed by atoms with Gasteiger partial charge in [0.15, 0.2) is 0 Å². The number of ether oxygens (including phenoxy) is 2. The average molecular weight is 573 g/mol. The van der Waals surface area contributed by atoms with Crippen LogP contribution in [0, 0.1) is 5.92 Å². The van der Waals surface area contributed by atoms with Crippen LogP contribution >= 0.6 is 7.75 Å². The van der Waals surface area contributed by atoms with Crippen LogP contribution in [0.4, 0.5) is 0 Å². The molecule has 0 aliphatic rings. The number of esters is 1. The molecule has 0 bridgehead atoms. The lowest BCUT2D eigenvalue weighted by Gasteiger charge is -2.25. The minimum atomic E-state index is -4.33. The third-order valence-electron chi connectivity index (χ3n) is 5.91. The van der Waals surface area contributed by atoms with Gasteiger partial charge in [0.2, 0.25) is 5.91 Å². The van der Waals surface area contributed by atoms with E-state index in [4.69, 9.17) is 18.4 Å². The van der Waals surface area contributed by atoms with Crippen molar-refractivity contribution in [2.45, 2.75) is 45.2 Å². The number of amides is 1. The predicted molar refractivity (Wildman–Crippen MR) is 151 cm³/mol. The molecule has 1 aromatic heterocycles. The molecular formula is C29H37N2O8P. The minimum absolute atomic E-state index is 0.00763. The Hall–Kier alpha value is -3.43. The Morgan fingerprint density at radius 3 is 2.33 bits per heavy atom. The minimum Gasteiger partial charge on any atom is -0.494 e. The maximum Gasteiger partial charge on any atom is 0.403 e. The summed E-state index contributed by atoms with van der Waals surface area (Å²) < 4.78 is 33.8. The number of furan rings is 1. The molecule has 3 N–H and O–H groups in total. The van der Waals surface area contributed by atoms with Gasteiger partial charge in [-0.25, -0.2) is 14.4 Å². The van der Waals surface area contributed by atoms with Crippen molar-refractivity contribution in [3.63, 3.8) is 0 Å². The van der Waals surface area contributed by atoms with Gasteiger partial charge in [-0.3, -0.25) is 9.32 Å². The molecule has 3 atom stereocenters. The van der Waals surface area contributed by atoms with Crippen LogP contribution in [-0.2, 0) is 29.8 Å². The molecule has 2 aromatic carbocycles. The summed E-state index contributed by atoms with van der Waals surface area (Å²) in [6.07, 6.45) is 2.36. The van der Waals surface area contributed by atoms with Crippen LogP contribution in [0.15, 0.2) is 77.4 Å². The standard InChI is InChI=1S/C29H37N2O8P/c1-21(2)19-25(31-40(34,35)39-18-8-17-37-24-9-5-4-6-10-24)28(32)30-26(29(33)36-3)20-22-12-14-23(15-13-22)27-11-7-16-38-27/h4-7,9-16,21,25-26H,8,17-20H2,1-3H3,(H,30,32)(H2,31,34,35). The van der Waals surface area contributed by atoms with E-state index in [9.17, 15) is 19.0 Å². The Labute approximate surface area is 234 Å². The Kier molecular flexibility index (Phi) is 12.0. The van der Waals surface area contributed by atoms with E-state index in [1.807, 2.05) is 74.5 Å². The second-order valence-corrected chi connectivity index (χ2v) is 11.2. The van der Waals surface area contributed by atoms with Crippen LogP contribution in [0.25, 0.3) is 11.3 Å². The molecule has 0 spiro atoms. The zero-order chi connectivity index (χ0) is 29.0. The van der Waals surface area contributed by atoms with Gasteiger partial charge in [0.05, 0.1) is 32.6 Å². The second-order valence-electron chi connectivity index (χ2n) is 9.64.